The Labute approximate surface area is 230 Å². The molecular weight excluding hydrogens is 484 g/mol. The van der Waals surface area contributed by atoms with Gasteiger partial charge in [-0.05, 0) is 88.5 Å². The summed E-state index contributed by atoms with van der Waals surface area (Å²) in [6.45, 7) is 5.95. The highest BCUT2D eigenvalue weighted by Gasteiger charge is 2.42. The van der Waals surface area contributed by atoms with Crippen LogP contribution in [0.2, 0.25) is 0 Å². The van der Waals surface area contributed by atoms with Gasteiger partial charge in [0.2, 0.25) is 0 Å². The largest absolute Gasteiger partial charge is 0.462 e. The van der Waals surface area contributed by atoms with Crippen molar-refractivity contribution in [2.45, 2.75) is 154 Å². The summed E-state index contributed by atoms with van der Waals surface area (Å²) in [6, 6.07) is 0. The molecule has 2 aliphatic carbocycles. The number of carbonyl (C=O) groups excluding carboxylic acids is 2. The number of hydrogen-bond donors (Lipinski definition) is 3. The van der Waals surface area contributed by atoms with E-state index in [1.165, 1.54) is 26.7 Å². The lowest BCUT2D eigenvalue weighted by Crippen LogP contribution is -2.50. The standard InChI is InChI=1S/C30H54N2O6/c1-4-5-6-11-25(36-20(2)33)18-26(37-21(3)34)13-12-22-16-29(38-24-9-7-8-10-24)28(35)19-27(22)23-14-15-32-30(31)17-23/h22-30,32,35H,4-19,31H2,1-3H3. The third-order valence-corrected chi connectivity index (χ3v) is 9.02. The molecule has 38 heavy (non-hydrogen) atoms. The van der Waals surface area contributed by atoms with Crippen LogP contribution in [0, 0.1) is 17.8 Å². The zero-order valence-corrected chi connectivity index (χ0v) is 24.1. The fraction of sp³-hybridized carbons (Fsp3) is 0.933. The van der Waals surface area contributed by atoms with Crippen LogP contribution in [0.15, 0.2) is 0 Å². The topological polar surface area (TPSA) is 120 Å². The molecule has 1 aliphatic heterocycles. The lowest BCUT2D eigenvalue weighted by Gasteiger charge is -2.45. The molecule has 1 saturated heterocycles. The third-order valence-electron chi connectivity index (χ3n) is 9.02. The van der Waals surface area contributed by atoms with Crippen molar-refractivity contribution in [1.82, 2.24) is 5.32 Å². The predicted molar refractivity (Wildman–Crippen MR) is 147 cm³/mol. The first-order valence-electron chi connectivity index (χ1n) is 15.4. The fourth-order valence-corrected chi connectivity index (χ4v) is 7.19. The van der Waals surface area contributed by atoms with Crippen molar-refractivity contribution in [1.29, 1.82) is 0 Å². The van der Waals surface area contributed by atoms with Gasteiger partial charge in [0.15, 0.2) is 0 Å². The smallest absolute Gasteiger partial charge is 0.302 e. The Kier molecular flexibility index (Phi) is 13.3. The van der Waals surface area contributed by atoms with Crippen molar-refractivity contribution in [3.63, 3.8) is 0 Å². The van der Waals surface area contributed by atoms with Crippen molar-refractivity contribution >= 4 is 11.9 Å². The lowest BCUT2D eigenvalue weighted by molar-refractivity contribution is -0.154. The normalized spacial score (nSPS) is 32.0. The first-order chi connectivity index (χ1) is 18.2. The number of aliphatic hydroxyl groups excluding tert-OH is 1. The molecule has 8 unspecified atom stereocenters. The second-order valence-corrected chi connectivity index (χ2v) is 12.2. The summed E-state index contributed by atoms with van der Waals surface area (Å²) >= 11 is 0. The Morgan fingerprint density at radius 2 is 1.66 bits per heavy atom. The van der Waals surface area contributed by atoms with E-state index in [1.54, 1.807) is 0 Å². The SMILES string of the molecule is CCCCCC(CC(CCC1CC(OC2CCCC2)C(O)CC1C1CCNC(N)C1)OC(C)=O)OC(C)=O. The van der Waals surface area contributed by atoms with Crippen LogP contribution in [-0.2, 0) is 23.8 Å². The molecule has 1 heterocycles. The number of ether oxygens (including phenoxy) is 3. The average molecular weight is 539 g/mol. The molecule has 4 N–H and O–H groups in total. The second kappa shape index (κ2) is 16.1. The zero-order chi connectivity index (χ0) is 27.5. The van der Waals surface area contributed by atoms with Crippen LogP contribution in [0.4, 0.5) is 0 Å². The number of nitrogens with two attached hydrogens (primary N) is 1. The number of nitrogens with one attached hydrogen (secondary N) is 1. The maximum absolute atomic E-state index is 12.0. The molecule has 0 aromatic heterocycles. The van der Waals surface area contributed by atoms with Gasteiger partial charge < -0.3 is 30.4 Å². The van der Waals surface area contributed by atoms with Crippen LogP contribution in [0.1, 0.15) is 117 Å². The Bertz CT molecular complexity index is 715. The second-order valence-electron chi connectivity index (χ2n) is 12.2. The maximum Gasteiger partial charge on any atom is 0.302 e. The highest BCUT2D eigenvalue weighted by Crippen LogP contribution is 2.43. The van der Waals surface area contributed by atoms with Crippen LogP contribution in [0.5, 0.6) is 0 Å². The molecule has 3 rings (SSSR count). The highest BCUT2D eigenvalue weighted by molar-refractivity contribution is 5.66. The van der Waals surface area contributed by atoms with Gasteiger partial charge in [-0.25, -0.2) is 0 Å². The summed E-state index contributed by atoms with van der Waals surface area (Å²) in [6.07, 6.45) is 13.4. The predicted octanol–water partition coefficient (Wildman–Crippen LogP) is 4.60. The van der Waals surface area contributed by atoms with Gasteiger partial charge in [0.25, 0.3) is 0 Å². The van der Waals surface area contributed by atoms with E-state index in [0.29, 0.717) is 24.2 Å². The highest BCUT2D eigenvalue weighted by atomic mass is 16.6. The Morgan fingerprint density at radius 3 is 2.29 bits per heavy atom. The first kappa shape index (κ1) is 31.3. The van der Waals surface area contributed by atoms with E-state index in [1.807, 2.05) is 0 Å². The minimum Gasteiger partial charge on any atom is -0.462 e. The van der Waals surface area contributed by atoms with E-state index in [2.05, 4.69) is 12.2 Å². The number of aliphatic hydroxyl groups is 1. The molecule has 3 fully saturated rings. The maximum atomic E-state index is 12.0. The zero-order valence-electron chi connectivity index (χ0n) is 24.1. The summed E-state index contributed by atoms with van der Waals surface area (Å²) in [7, 11) is 0. The quantitative estimate of drug-likeness (QED) is 0.217. The van der Waals surface area contributed by atoms with Gasteiger partial charge in [-0.1, -0.05) is 32.6 Å². The number of unbranched alkanes of at least 4 members (excludes halogenated alkanes) is 2. The van der Waals surface area contributed by atoms with E-state index in [-0.39, 0.29) is 42.5 Å². The Hall–Kier alpha value is -1.22. The van der Waals surface area contributed by atoms with E-state index in [4.69, 9.17) is 19.9 Å². The van der Waals surface area contributed by atoms with Gasteiger partial charge in [0.05, 0.1) is 24.5 Å². The van der Waals surface area contributed by atoms with Crippen molar-refractivity contribution in [3.05, 3.63) is 0 Å². The summed E-state index contributed by atoms with van der Waals surface area (Å²) < 4.78 is 17.9. The van der Waals surface area contributed by atoms with Gasteiger partial charge in [0.1, 0.15) is 12.2 Å². The molecular formula is C30H54N2O6. The van der Waals surface area contributed by atoms with Crippen molar-refractivity contribution in [3.8, 4) is 0 Å². The Balaban J connectivity index is 1.68. The Morgan fingerprint density at radius 1 is 0.974 bits per heavy atom. The first-order valence-corrected chi connectivity index (χ1v) is 15.4. The van der Waals surface area contributed by atoms with E-state index < -0.39 is 6.10 Å². The molecule has 0 bridgehead atoms. The van der Waals surface area contributed by atoms with Crippen LogP contribution >= 0.6 is 0 Å². The number of hydrogen-bond acceptors (Lipinski definition) is 8. The van der Waals surface area contributed by atoms with Crippen molar-refractivity contribution < 1.29 is 28.9 Å². The molecule has 0 radical (unpaired) electrons. The molecule has 8 heteroatoms. The third kappa shape index (κ3) is 10.4. The monoisotopic (exact) mass is 538 g/mol. The number of carbonyl (C=O) groups is 2. The minimum absolute atomic E-state index is 0.000378. The number of esters is 2. The van der Waals surface area contributed by atoms with E-state index in [9.17, 15) is 14.7 Å². The van der Waals surface area contributed by atoms with Crippen molar-refractivity contribution in [2.75, 3.05) is 6.54 Å². The van der Waals surface area contributed by atoms with Crippen LogP contribution in [0.25, 0.3) is 0 Å². The van der Waals surface area contributed by atoms with Gasteiger partial charge in [-0.2, -0.15) is 0 Å². The number of rotatable bonds is 14. The van der Waals surface area contributed by atoms with Crippen LogP contribution in [0.3, 0.4) is 0 Å². The molecule has 8 nitrogen and oxygen atoms in total. The molecule has 0 amide bonds. The molecule has 0 aromatic rings. The van der Waals surface area contributed by atoms with Gasteiger partial charge in [0, 0.05) is 20.3 Å². The van der Waals surface area contributed by atoms with E-state index in [0.717, 1.165) is 83.6 Å². The van der Waals surface area contributed by atoms with Gasteiger partial charge >= 0.3 is 11.9 Å². The average Bonchev–Trinajstić information content (AvgIpc) is 3.36. The van der Waals surface area contributed by atoms with Crippen LogP contribution < -0.4 is 11.1 Å². The fourth-order valence-electron chi connectivity index (χ4n) is 7.19. The summed E-state index contributed by atoms with van der Waals surface area (Å²) in [4.78, 5) is 23.8. The van der Waals surface area contributed by atoms with Crippen molar-refractivity contribution in [2.24, 2.45) is 23.5 Å². The molecule has 3 aliphatic rings. The van der Waals surface area contributed by atoms with E-state index >= 15 is 0 Å². The lowest BCUT2D eigenvalue weighted by atomic mass is 9.66. The summed E-state index contributed by atoms with van der Waals surface area (Å²) in [5, 5.41) is 14.5. The molecule has 8 atom stereocenters. The molecule has 0 aromatic carbocycles. The molecule has 0 spiro atoms. The number of piperidine rings is 1. The summed E-state index contributed by atoms with van der Waals surface area (Å²) in [5.74, 6) is 0.614. The van der Waals surface area contributed by atoms with Gasteiger partial charge in [-0.3, -0.25) is 9.59 Å². The minimum atomic E-state index is -0.445. The molecule has 220 valence electrons. The molecule has 2 saturated carbocycles. The summed E-state index contributed by atoms with van der Waals surface area (Å²) in [5.41, 5.74) is 6.27. The van der Waals surface area contributed by atoms with Gasteiger partial charge in [-0.15, -0.1) is 0 Å². The van der Waals surface area contributed by atoms with Crippen LogP contribution in [-0.4, -0.2) is 60.3 Å².